The molecule has 4 heteroatoms. The molecular weight excluding hydrogens is 204 g/mol. The average molecular weight is 218 g/mol. The molecule has 84 valence electrons. The van der Waals surface area contributed by atoms with Gasteiger partial charge in [0.1, 0.15) is 6.42 Å². The number of para-hydroxylation sites is 1. The molecule has 1 rings (SSSR count). The first-order chi connectivity index (χ1) is 7.77. The normalized spacial score (nSPS) is 8.88. The monoisotopic (exact) mass is 218 g/mol. The van der Waals surface area contributed by atoms with Crippen molar-refractivity contribution in [1.82, 2.24) is 0 Å². The zero-order valence-electron chi connectivity index (χ0n) is 9.12. The molecular formula is C12H14N2O2. The van der Waals surface area contributed by atoms with Crippen molar-refractivity contribution in [3.05, 3.63) is 29.8 Å². The van der Waals surface area contributed by atoms with E-state index in [0.717, 1.165) is 11.3 Å². The van der Waals surface area contributed by atoms with Gasteiger partial charge in [-0.2, -0.15) is 0 Å². The van der Waals surface area contributed by atoms with Crippen molar-refractivity contribution in [3.63, 3.8) is 0 Å². The third-order valence-corrected chi connectivity index (χ3v) is 1.84. The molecule has 0 radical (unpaired) electrons. The van der Waals surface area contributed by atoms with Gasteiger partial charge in [0.15, 0.2) is 0 Å². The first-order valence-electron chi connectivity index (χ1n) is 4.98. The Kier molecular flexibility index (Phi) is 4.90. The molecule has 0 amide bonds. The second kappa shape index (κ2) is 6.49. The fourth-order valence-corrected chi connectivity index (χ4v) is 1.14. The zero-order valence-corrected chi connectivity index (χ0v) is 9.12. The van der Waals surface area contributed by atoms with Gasteiger partial charge in [0.2, 0.25) is 0 Å². The molecule has 0 atom stereocenters. The van der Waals surface area contributed by atoms with Gasteiger partial charge < -0.3 is 10.2 Å². The van der Waals surface area contributed by atoms with Crippen molar-refractivity contribution in [2.45, 2.75) is 13.3 Å². The number of ether oxygens (including phenoxy) is 1. The Hall–Kier alpha value is -1.99. The van der Waals surface area contributed by atoms with Crippen LogP contribution in [0.5, 0.6) is 0 Å². The standard InChI is InChI=1S/C12H14N2O2/c1-2-16-12(15)9-5-7-10-6-3-4-8-11(10)14-13/h3-4,6,8,14H,2,9,13H2,1H3. The summed E-state index contributed by atoms with van der Waals surface area (Å²) >= 11 is 0. The number of hydrogen-bond donors (Lipinski definition) is 2. The van der Waals surface area contributed by atoms with Crippen molar-refractivity contribution < 1.29 is 9.53 Å². The van der Waals surface area contributed by atoms with Crippen LogP contribution in [-0.4, -0.2) is 12.6 Å². The molecule has 16 heavy (non-hydrogen) atoms. The van der Waals surface area contributed by atoms with E-state index < -0.39 is 0 Å². The van der Waals surface area contributed by atoms with E-state index >= 15 is 0 Å². The second-order valence-corrected chi connectivity index (χ2v) is 2.97. The molecule has 0 unspecified atom stereocenters. The molecule has 0 aliphatic heterocycles. The maximum absolute atomic E-state index is 11.0. The Labute approximate surface area is 94.8 Å². The van der Waals surface area contributed by atoms with Gasteiger partial charge in [0.05, 0.1) is 12.3 Å². The number of nitrogen functional groups attached to an aromatic ring is 1. The summed E-state index contributed by atoms with van der Waals surface area (Å²) in [4.78, 5) is 11.0. The first-order valence-corrected chi connectivity index (χ1v) is 4.98. The molecule has 0 aliphatic rings. The number of benzene rings is 1. The van der Waals surface area contributed by atoms with Crippen LogP contribution in [0.15, 0.2) is 24.3 Å². The minimum absolute atomic E-state index is 0.0900. The third-order valence-electron chi connectivity index (χ3n) is 1.84. The lowest BCUT2D eigenvalue weighted by Crippen LogP contribution is -2.08. The maximum atomic E-state index is 11.0. The van der Waals surface area contributed by atoms with Crippen molar-refractivity contribution in [2.75, 3.05) is 12.0 Å². The second-order valence-electron chi connectivity index (χ2n) is 2.97. The molecule has 0 fully saturated rings. The summed E-state index contributed by atoms with van der Waals surface area (Å²) in [7, 11) is 0. The highest BCUT2D eigenvalue weighted by Gasteiger charge is 1.97. The maximum Gasteiger partial charge on any atom is 0.317 e. The predicted octanol–water partition coefficient (Wildman–Crippen LogP) is 1.28. The molecule has 0 saturated heterocycles. The molecule has 1 aromatic carbocycles. The van der Waals surface area contributed by atoms with Crippen molar-refractivity contribution in [3.8, 4) is 11.8 Å². The smallest absolute Gasteiger partial charge is 0.317 e. The summed E-state index contributed by atoms with van der Waals surface area (Å²) in [6.45, 7) is 2.14. The molecule has 0 spiro atoms. The van der Waals surface area contributed by atoms with Crippen LogP contribution in [0.1, 0.15) is 18.9 Å². The van der Waals surface area contributed by atoms with Gasteiger partial charge >= 0.3 is 5.97 Å². The number of rotatable bonds is 3. The van der Waals surface area contributed by atoms with E-state index in [1.807, 2.05) is 24.3 Å². The molecule has 0 bridgehead atoms. The Morgan fingerprint density at radius 3 is 2.94 bits per heavy atom. The molecule has 3 N–H and O–H groups in total. The van der Waals surface area contributed by atoms with Gasteiger partial charge in [-0.25, -0.2) is 0 Å². The number of anilines is 1. The van der Waals surface area contributed by atoms with Crippen LogP contribution in [-0.2, 0) is 9.53 Å². The van der Waals surface area contributed by atoms with E-state index in [9.17, 15) is 4.79 Å². The quantitative estimate of drug-likeness (QED) is 0.347. The topological polar surface area (TPSA) is 64.3 Å². The number of carbonyl (C=O) groups excluding carboxylic acids is 1. The van der Waals surface area contributed by atoms with Crippen LogP contribution >= 0.6 is 0 Å². The van der Waals surface area contributed by atoms with Crippen molar-refractivity contribution >= 4 is 11.7 Å². The highest BCUT2D eigenvalue weighted by Crippen LogP contribution is 2.11. The predicted molar refractivity (Wildman–Crippen MR) is 62.4 cm³/mol. The highest BCUT2D eigenvalue weighted by atomic mass is 16.5. The lowest BCUT2D eigenvalue weighted by molar-refractivity contribution is -0.141. The SMILES string of the molecule is CCOC(=O)CC#Cc1ccccc1NN. The Morgan fingerprint density at radius 2 is 2.25 bits per heavy atom. The van der Waals surface area contributed by atoms with Crippen LogP contribution in [0, 0.1) is 11.8 Å². The summed E-state index contributed by atoms with van der Waals surface area (Å²) in [5, 5.41) is 0. The Morgan fingerprint density at radius 1 is 1.50 bits per heavy atom. The fourth-order valence-electron chi connectivity index (χ4n) is 1.14. The van der Waals surface area contributed by atoms with Gasteiger partial charge in [-0.15, -0.1) is 0 Å². The summed E-state index contributed by atoms with van der Waals surface area (Å²) in [6, 6.07) is 7.35. The van der Waals surface area contributed by atoms with Crippen LogP contribution in [0.3, 0.4) is 0 Å². The van der Waals surface area contributed by atoms with Gasteiger partial charge in [0.25, 0.3) is 0 Å². The van der Waals surface area contributed by atoms with E-state index in [2.05, 4.69) is 17.3 Å². The molecule has 4 nitrogen and oxygen atoms in total. The third kappa shape index (κ3) is 3.64. The summed E-state index contributed by atoms with van der Waals surface area (Å²) in [5.74, 6) is 10.6. The van der Waals surface area contributed by atoms with E-state index in [1.54, 1.807) is 6.92 Å². The lowest BCUT2D eigenvalue weighted by Gasteiger charge is -2.01. The van der Waals surface area contributed by atoms with Crippen LogP contribution in [0.25, 0.3) is 0 Å². The minimum atomic E-state index is -0.312. The van der Waals surface area contributed by atoms with E-state index in [0.29, 0.717) is 6.61 Å². The van der Waals surface area contributed by atoms with E-state index in [1.165, 1.54) is 0 Å². The Balaban J connectivity index is 2.66. The zero-order chi connectivity index (χ0) is 11.8. The highest BCUT2D eigenvalue weighted by molar-refractivity contribution is 5.73. The molecule has 0 saturated carbocycles. The largest absolute Gasteiger partial charge is 0.465 e. The summed E-state index contributed by atoms with van der Waals surface area (Å²) in [6.07, 6.45) is 0.0900. The lowest BCUT2D eigenvalue weighted by atomic mass is 10.2. The number of nitrogens with two attached hydrogens (primary N) is 1. The van der Waals surface area contributed by atoms with Gasteiger partial charge in [0, 0.05) is 5.56 Å². The molecule has 0 aliphatic carbocycles. The Bertz CT molecular complexity index is 419. The molecule has 1 aromatic rings. The number of hydrogen-bond acceptors (Lipinski definition) is 4. The van der Waals surface area contributed by atoms with Crippen molar-refractivity contribution in [2.24, 2.45) is 5.84 Å². The summed E-state index contributed by atoms with van der Waals surface area (Å²) in [5.41, 5.74) is 4.03. The number of hydrazine groups is 1. The van der Waals surface area contributed by atoms with Crippen molar-refractivity contribution in [1.29, 1.82) is 0 Å². The van der Waals surface area contributed by atoms with Gasteiger partial charge in [-0.1, -0.05) is 24.0 Å². The van der Waals surface area contributed by atoms with Crippen LogP contribution in [0.2, 0.25) is 0 Å². The molecule has 0 heterocycles. The van der Waals surface area contributed by atoms with Crippen LogP contribution in [0.4, 0.5) is 5.69 Å². The summed E-state index contributed by atoms with van der Waals surface area (Å²) < 4.78 is 4.75. The number of carbonyl (C=O) groups is 1. The number of esters is 1. The van der Waals surface area contributed by atoms with Gasteiger partial charge in [-0.3, -0.25) is 10.6 Å². The fraction of sp³-hybridized carbons (Fsp3) is 0.250. The van der Waals surface area contributed by atoms with Gasteiger partial charge in [-0.05, 0) is 19.1 Å². The average Bonchev–Trinajstić information content (AvgIpc) is 2.30. The molecule has 0 aromatic heterocycles. The first kappa shape index (κ1) is 12.1. The minimum Gasteiger partial charge on any atom is -0.465 e. The van der Waals surface area contributed by atoms with E-state index in [-0.39, 0.29) is 12.4 Å². The number of nitrogens with one attached hydrogen (secondary N) is 1. The van der Waals surface area contributed by atoms with E-state index in [4.69, 9.17) is 10.6 Å². The van der Waals surface area contributed by atoms with Crippen LogP contribution < -0.4 is 11.3 Å².